The second kappa shape index (κ2) is 5.97. The fourth-order valence-electron chi connectivity index (χ4n) is 1.54. The average Bonchev–Trinajstić information content (AvgIpc) is 2.20. The highest BCUT2D eigenvalue weighted by Crippen LogP contribution is 2.18. The van der Waals surface area contributed by atoms with Gasteiger partial charge in [-0.15, -0.1) is 0 Å². The number of rotatable bonds is 6. The van der Waals surface area contributed by atoms with Gasteiger partial charge in [0, 0.05) is 31.6 Å². The number of hydrogen-bond acceptors (Lipinski definition) is 3. The van der Waals surface area contributed by atoms with Gasteiger partial charge in [-0.05, 0) is 30.4 Å². The molecule has 0 fully saturated rings. The van der Waals surface area contributed by atoms with Crippen molar-refractivity contribution in [3.8, 4) is 0 Å². The van der Waals surface area contributed by atoms with E-state index in [1.807, 2.05) is 19.2 Å². The van der Waals surface area contributed by atoms with Crippen LogP contribution in [-0.2, 0) is 6.54 Å². The average molecular weight is 222 g/mol. The lowest BCUT2D eigenvalue weighted by Gasteiger charge is -2.23. The molecule has 0 atom stereocenters. The minimum Gasteiger partial charge on any atom is -0.396 e. The second-order valence-electron chi connectivity index (χ2n) is 5.05. The Bertz CT molecular complexity index is 306. The molecule has 1 aromatic rings. The van der Waals surface area contributed by atoms with Gasteiger partial charge in [-0.2, -0.15) is 0 Å². The molecule has 0 aliphatic rings. The molecule has 3 heteroatoms. The van der Waals surface area contributed by atoms with E-state index in [4.69, 9.17) is 5.11 Å². The Morgan fingerprint density at radius 3 is 2.69 bits per heavy atom. The Hall–Kier alpha value is -0.930. The van der Waals surface area contributed by atoms with Crippen LogP contribution in [-0.4, -0.2) is 23.2 Å². The largest absolute Gasteiger partial charge is 0.396 e. The van der Waals surface area contributed by atoms with Gasteiger partial charge in [-0.3, -0.25) is 4.98 Å². The first-order valence-corrected chi connectivity index (χ1v) is 5.77. The van der Waals surface area contributed by atoms with Crippen molar-refractivity contribution >= 4 is 0 Å². The van der Waals surface area contributed by atoms with E-state index < -0.39 is 0 Å². The molecule has 0 amide bonds. The summed E-state index contributed by atoms with van der Waals surface area (Å²) in [5.41, 5.74) is 2.39. The summed E-state index contributed by atoms with van der Waals surface area (Å²) in [7, 11) is 0. The topological polar surface area (TPSA) is 45.1 Å². The van der Waals surface area contributed by atoms with Crippen LogP contribution in [0.5, 0.6) is 0 Å². The Morgan fingerprint density at radius 2 is 2.12 bits per heavy atom. The molecule has 0 aliphatic heterocycles. The van der Waals surface area contributed by atoms with E-state index in [2.05, 4.69) is 30.2 Å². The van der Waals surface area contributed by atoms with E-state index in [-0.39, 0.29) is 12.0 Å². The number of pyridine rings is 1. The minimum atomic E-state index is 0.146. The Balaban J connectivity index is 2.32. The molecule has 90 valence electrons. The maximum Gasteiger partial charge on any atom is 0.0436 e. The van der Waals surface area contributed by atoms with Gasteiger partial charge < -0.3 is 10.4 Å². The zero-order valence-electron chi connectivity index (χ0n) is 10.5. The summed E-state index contributed by atoms with van der Waals surface area (Å²) in [5.74, 6) is 0. The third-order valence-corrected chi connectivity index (χ3v) is 2.69. The summed E-state index contributed by atoms with van der Waals surface area (Å²) in [6, 6.07) is 4.12. The summed E-state index contributed by atoms with van der Waals surface area (Å²) in [6.45, 7) is 8.29. The van der Waals surface area contributed by atoms with E-state index >= 15 is 0 Å². The number of aliphatic hydroxyl groups is 1. The first-order chi connectivity index (χ1) is 7.53. The molecule has 2 N–H and O–H groups in total. The molecule has 0 aromatic carbocycles. The summed E-state index contributed by atoms with van der Waals surface area (Å²) >= 11 is 0. The van der Waals surface area contributed by atoms with Gasteiger partial charge in [-0.25, -0.2) is 0 Å². The van der Waals surface area contributed by atoms with Crippen LogP contribution in [0.1, 0.15) is 31.5 Å². The third-order valence-electron chi connectivity index (χ3n) is 2.69. The lowest BCUT2D eigenvalue weighted by molar-refractivity contribution is 0.207. The van der Waals surface area contributed by atoms with E-state index in [1.54, 1.807) is 0 Å². The van der Waals surface area contributed by atoms with Crippen molar-refractivity contribution in [1.29, 1.82) is 0 Å². The lowest BCUT2D eigenvalue weighted by Crippen LogP contribution is -2.29. The van der Waals surface area contributed by atoms with Crippen LogP contribution < -0.4 is 5.32 Å². The molecule has 0 spiro atoms. The standard InChI is InChI=1S/C13H22N2O/c1-11-4-5-12(9-15-11)8-14-10-13(2,3)6-7-16/h4-5,9,14,16H,6-8,10H2,1-3H3. The van der Waals surface area contributed by atoms with Gasteiger partial charge in [0.1, 0.15) is 0 Å². The molecule has 0 bridgehead atoms. The van der Waals surface area contributed by atoms with E-state index in [9.17, 15) is 0 Å². The predicted molar refractivity (Wildman–Crippen MR) is 66.2 cm³/mol. The summed E-state index contributed by atoms with van der Waals surface area (Å²) in [6.07, 6.45) is 2.73. The third kappa shape index (κ3) is 4.73. The van der Waals surface area contributed by atoms with Crippen molar-refractivity contribution in [2.24, 2.45) is 5.41 Å². The van der Waals surface area contributed by atoms with Crippen molar-refractivity contribution in [2.75, 3.05) is 13.2 Å². The number of nitrogens with one attached hydrogen (secondary N) is 1. The number of hydrogen-bond donors (Lipinski definition) is 2. The van der Waals surface area contributed by atoms with Crippen molar-refractivity contribution in [2.45, 2.75) is 33.7 Å². The van der Waals surface area contributed by atoms with Crippen molar-refractivity contribution in [3.63, 3.8) is 0 Å². The normalized spacial score (nSPS) is 11.8. The fraction of sp³-hybridized carbons (Fsp3) is 0.615. The van der Waals surface area contributed by atoms with Crippen molar-refractivity contribution in [3.05, 3.63) is 29.6 Å². The Kier molecular flexibility index (Phi) is 4.90. The smallest absolute Gasteiger partial charge is 0.0436 e. The van der Waals surface area contributed by atoms with Crippen LogP contribution in [0.4, 0.5) is 0 Å². The highest BCUT2D eigenvalue weighted by Gasteiger charge is 2.15. The van der Waals surface area contributed by atoms with Gasteiger partial charge in [0.25, 0.3) is 0 Å². The molecule has 0 saturated heterocycles. The van der Waals surface area contributed by atoms with Crippen LogP contribution in [0.25, 0.3) is 0 Å². The highest BCUT2D eigenvalue weighted by molar-refractivity contribution is 5.12. The number of nitrogens with zero attached hydrogens (tertiary/aromatic N) is 1. The lowest BCUT2D eigenvalue weighted by atomic mass is 9.90. The SMILES string of the molecule is Cc1ccc(CNCC(C)(C)CCO)cn1. The monoisotopic (exact) mass is 222 g/mol. The molecule has 0 radical (unpaired) electrons. The molecule has 0 saturated carbocycles. The predicted octanol–water partition coefficient (Wildman–Crippen LogP) is 1.89. The molecule has 0 unspecified atom stereocenters. The maximum atomic E-state index is 8.91. The van der Waals surface area contributed by atoms with Crippen LogP contribution in [0.3, 0.4) is 0 Å². The molecular formula is C13H22N2O. The number of aliphatic hydroxyl groups excluding tert-OH is 1. The Labute approximate surface area is 97.9 Å². The van der Waals surface area contributed by atoms with E-state index in [0.29, 0.717) is 0 Å². The zero-order chi connectivity index (χ0) is 12.0. The van der Waals surface area contributed by atoms with Crippen LogP contribution >= 0.6 is 0 Å². The molecule has 1 heterocycles. The summed E-state index contributed by atoms with van der Waals surface area (Å²) in [4.78, 5) is 4.25. The first kappa shape index (κ1) is 13.1. The van der Waals surface area contributed by atoms with Crippen LogP contribution in [0.15, 0.2) is 18.3 Å². The van der Waals surface area contributed by atoms with Gasteiger partial charge in [-0.1, -0.05) is 19.9 Å². The second-order valence-corrected chi connectivity index (χ2v) is 5.05. The number of aryl methyl sites for hydroxylation is 1. The molecule has 0 aliphatic carbocycles. The molecule has 3 nitrogen and oxygen atoms in total. The van der Waals surface area contributed by atoms with Crippen LogP contribution in [0, 0.1) is 12.3 Å². The van der Waals surface area contributed by atoms with Gasteiger partial charge in [0.2, 0.25) is 0 Å². The summed E-state index contributed by atoms with van der Waals surface area (Å²) in [5, 5.41) is 12.3. The minimum absolute atomic E-state index is 0.146. The van der Waals surface area contributed by atoms with Crippen molar-refractivity contribution < 1.29 is 5.11 Å². The zero-order valence-corrected chi connectivity index (χ0v) is 10.5. The Morgan fingerprint density at radius 1 is 1.38 bits per heavy atom. The maximum absolute atomic E-state index is 8.91. The van der Waals surface area contributed by atoms with Crippen LogP contribution in [0.2, 0.25) is 0 Å². The van der Waals surface area contributed by atoms with Gasteiger partial charge in [0.15, 0.2) is 0 Å². The van der Waals surface area contributed by atoms with Gasteiger partial charge >= 0.3 is 0 Å². The summed E-state index contributed by atoms with van der Waals surface area (Å²) < 4.78 is 0. The van der Waals surface area contributed by atoms with Gasteiger partial charge in [0.05, 0.1) is 0 Å². The molecule has 16 heavy (non-hydrogen) atoms. The fourth-order valence-corrected chi connectivity index (χ4v) is 1.54. The number of aromatic nitrogens is 1. The molecular weight excluding hydrogens is 200 g/mol. The highest BCUT2D eigenvalue weighted by atomic mass is 16.3. The van der Waals surface area contributed by atoms with Crippen molar-refractivity contribution in [1.82, 2.24) is 10.3 Å². The molecule has 1 aromatic heterocycles. The quantitative estimate of drug-likeness (QED) is 0.772. The van der Waals surface area contributed by atoms with E-state index in [1.165, 1.54) is 5.56 Å². The van der Waals surface area contributed by atoms with E-state index in [0.717, 1.165) is 25.2 Å². The first-order valence-electron chi connectivity index (χ1n) is 5.77. The molecule has 1 rings (SSSR count).